The maximum absolute atomic E-state index is 12.3. The molecule has 1 rings (SSSR count). The summed E-state index contributed by atoms with van der Waals surface area (Å²) in [5.41, 5.74) is 5.99. The van der Waals surface area contributed by atoms with Crippen molar-refractivity contribution in [1.29, 1.82) is 0 Å². The number of hydrogen-bond acceptors (Lipinski definition) is 4. The first-order chi connectivity index (χ1) is 9.63. The van der Waals surface area contributed by atoms with Gasteiger partial charge < -0.3 is 10.6 Å². The molecule has 0 atom stereocenters. The van der Waals surface area contributed by atoms with E-state index < -0.39 is 9.84 Å². The number of nitrogens with two attached hydrogens (primary N) is 1. The van der Waals surface area contributed by atoms with Gasteiger partial charge >= 0.3 is 0 Å². The Morgan fingerprint density at radius 3 is 2.14 bits per heavy atom. The van der Waals surface area contributed by atoms with Gasteiger partial charge in [0.25, 0.3) is 5.91 Å². The van der Waals surface area contributed by atoms with Crippen LogP contribution >= 0.6 is 12.4 Å². The fraction of sp³-hybridized carbons (Fsp3) is 0.533. The van der Waals surface area contributed by atoms with Gasteiger partial charge in [0.05, 0.1) is 10.6 Å². The lowest BCUT2D eigenvalue weighted by molar-refractivity contribution is 0.0740. The highest BCUT2D eigenvalue weighted by Crippen LogP contribution is 2.17. The molecule has 0 radical (unpaired) electrons. The van der Waals surface area contributed by atoms with Gasteiger partial charge in [-0.05, 0) is 36.2 Å². The summed E-state index contributed by atoms with van der Waals surface area (Å²) in [6.07, 6.45) is 0. The van der Waals surface area contributed by atoms with Crippen LogP contribution in [0.3, 0.4) is 0 Å². The number of hydrogen-bond donors (Lipinski definition) is 1. The Labute approximate surface area is 139 Å². The third kappa shape index (κ3) is 5.26. The number of halogens is 1. The van der Waals surface area contributed by atoms with Crippen molar-refractivity contribution in [2.45, 2.75) is 25.7 Å². The van der Waals surface area contributed by atoms with Gasteiger partial charge in [-0.1, -0.05) is 20.8 Å². The molecular weight excluding hydrogens is 324 g/mol. The van der Waals surface area contributed by atoms with Gasteiger partial charge in [-0.3, -0.25) is 4.79 Å². The van der Waals surface area contributed by atoms with E-state index in [1.54, 1.807) is 31.0 Å². The van der Waals surface area contributed by atoms with Gasteiger partial charge in [-0.15, -0.1) is 12.4 Å². The molecule has 0 heterocycles. The molecular formula is C15H25ClN2O3S. The molecule has 7 heteroatoms. The number of benzene rings is 1. The van der Waals surface area contributed by atoms with Crippen molar-refractivity contribution in [3.05, 3.63) is 29.8 Å². The Morgan fingerprint density at radius 1 is 1.23 bits per heavy atom. The maximum Gasteiger partial charge on any atom is 0.253 e. The molecule has 5 nitrogen and oxygen atoms in total. The average Bonchev–Trinajstić information content (AvgIpc) is 2.46. The highest BCUT2D eigenvalue weighted by Gasteiger charge is 2.22. The Hall–Kier alpha value is -1.11. The minimum absolute atomic E-state index is 0. The van der Waals surface area contributed by atoms with Crippen LogP contribution in [-0.2, 0) is 9.84 Å². The van der Waals surface area contributed by atoms with Crippen molar-refractivity contribution in [2.75, 3.05) is 25.9 Å². The number of amides is 1. The SMILES string of the molecule is CCS(=O)(=O)c1ccc(C(=O)N(C)CC(C)(C)CN)cc1.Cl. The fourth-order valence-corrected chi connectivity index (χ4v) is 2.85. The van der Waals surface area contributed by atoms with Crippen LogP contribution in [0.15, 0.2) is 29.2 Å². The number of rotatable bonds is 6. The van der Waals surface area contributed by atoms with Crippen molar-refractivity contribution >= 4 is 28.2 Å². The van der Waals surface area contributed by atoms with E-state index in [1.807, 2.05) is 13.8 Å². The van der Waals surface area contributed by atoms with E-state index in [9.17, 15) is 13.2 Å². The topological polar surface area (TPSA) is 80.5 Å². The summed E-state index contributed by atoms with van der Waals surface area (Å²) in [6, 6.07) is 6.07. The Bertz CT molecular complexity index is 598. The van der Waals surface area contributed by atoms with E-state index in [4.69, 9.17) is 5.73 Å². The van der Waals surface area contributed by atoms with Crippen LogP contribution in [0.5, 0.6) is 0 Å². The van der Waals surface area contributed by atoms with Gasteiger partial charge in [0, 0.05) is 19.2 Å². The van der Waals surface area contributed by atoms with E-state index >= 15 is 0 Å². The van der Waals surface area contributed by atoms with Gasteiger partial charge in [-0.25, -0.2) is 8.42 Å². The summed E-state index contributed by atoms with van der Waals surface area (Å²) >= 11 is 0. The molecule has 126 valence electrons. The van der Waals surface area contributed by atoms with Crippen LogP contribution in [-0.4, -0.2) is 45.1 Å². The molecule has 2 N–H and O–H groups in total. The standard InChI is InChI=1S/C15H24N2O3S.ClH/c1-5-21(19,20)13-8-6-12(7-9-13)14(18)17(4)11-15(2,3)10-16;/h6-9H,5,10-11,16H2,1-4H3;1H. The molecule has 0 saturated carbocycles. The molecule has 0 aliphatic heterocycles. The summed E-state index contributed by atoms with van der Waals surface area (Å²) in [4.78, 5) is 14.2. The van der Waals surface area contributed by atoms with E-state index in [0.717, 1.165) is 0 Å². The third-order valence-electron chi connectivity index (χ3n) is 3.40. The van der Waals surface area contributed by atoms with Crippen molar-refractivity contribution in [3.8, 4) is 0 Å². The van der Waals surface area contributed by atoms with Crippen LogP contribution in [0.4, 0.5) is 0 Å². The van der Waals surface area contributed by atoms with Crippen molar-refractivity contribution in [1.82, 2.24) is 4.90 Å². The molecule has 22 heavy (non-hydrogen) atoms. The summed E-state index contributed by atoms with van der Waals surface area (Å²) in [7, 11) is -1.52. The first kappa shape index (κ1) is 20.9. The zero-order chi connectivity index (χ0) is 16.3. The zero-order valence-electron chi connectivity index (χ0n) is 13.5. The molecule has 1 aromatic rings. The molecule has 0 aliphatic carbocycles. The molecule has 0 fully saturated rings. The van der Waals surface area contributed by atoms with E-state index in [-0.39, 0.29) is 34.4 Å². The highest BCUT2D eigenvalue weighted by molar-refractivity contribution is 7.91. The number of nitrogens with zero attached hydrogens (tertiary/aromatic N) is 1. The second-order valence-corrected chi connectivity index (χ2v) is 8.24. The molecule has 0 aliphatic rings. The van der Waals surface area contributed by atoms with Gasteiger partial charge in [0.2, 0.25) is 0 Å². The minimum atomic E-state index is -3.24. The van der Waals surface area contributed by atoms with Gasteiger partial charge in [0.1, 0.15) is 0 Å². The Kier molecular flexibility index (Phi) is 7.54. The fourth-order valence-electron chi connectivity index (χ4n) is 1.97. The molecule has 1 aromatic carbocycles. The predicted molar refractivity (Wildman–Crippen MR) is 91.2 cm³/mol. The van der Waals surface area contributed by atoms with Crippen molar-refractivity contribution < 1.29 is 13.2 Å². The minimum Gasteiger partial charge on any atom is -0.341 e. The van der Waals surface area contributed by atoms with Gasteiger partial charge in [-0.2, -0.15) is 0 Å². The Balaban J connectivity index is 0.00000441. The first-order valence-corrected chi connectivity index (χ1v) is 8.56. The second kappa shape index (κ2) is 7.94. The summed E-state index contributed by atoms with van der Waals surface area (Å²) in [6.45, 7) is 6.61. The number of sulfone groups is 1. The summed E-state index contributed by atoms with van der Waals surface area (Å²) in [5.74, 6) is -0.0952. The molecule has 0 unspecified atom stereocenters. The van der Waals surface area contributed by atoms with Crippen LogP contribution in [0, 0.1) is 5.41 Å². The second-order valence-electron chi connectivity index (χ2n) is 5.96. The molecule has 0 bridgehead atoms. The van der Waals surface area contributed by atoms with Crippen LogP contribution in [0.1, 0.15) is 31.1 Å². The molecule has 0 saturated heterocycles. The largest absolute Gasteiger partial charge is 0.341 e. The monoisotopic (exact) mass is 348 g/mol. The van der Waals surface area contributed by atoms with Crippen LogP contribution in [0.25, 0.3) is 0 Å². The molecule has 0 aromatic heterocycles. The number of carbonyl (C=O) groups excluding carboxylic acids is 1. The van der Waals surface area contributed by atoms with E-state index in [1.165, 1.54) is 12.1 Å². The van der Waals surface area contributed by atoms with Crippen LogP contribution < -0.4 is 5.73 Å². The van der Waals surface area contributed by atoms with E-state index in [0.29, 0.717) is 18.7 Å². The average molecular weight is 349 g/mol. The zero-order valence-corrected chi connectivity index (χ0v) is 15.1. The first-order valence-electron chi connectivity index (χ1n) is 6.91. The lowest BCUT2D eigenvalue weighted by atomic mass is 9.93. The Morgan fingerprint density at radius 2 is 1.73 bits per heavy atom. The normalized spacial score (nSPS) is 11.7. The molecule has 0 spiro atoms. The predicted octanol–water partition coefficient (Wildman–Crippen LogP) is 1.96. The van der Waals surface area contributed by atoms with E-state index in [2.05, 4.69) is 0 Å². The smallest absolute Gasteiger partial charge is 0.253 e. The number of carbonyl (C=O) groups is 1. The quantitative estimate of drug-likeness (QED) is 0.852. The van der Waals surface area contributed by atoms with Gasteiger partial charge in [0.15, 0.2) is 9.84 Å². The summed E-state index contributed by atoms with van der Waals surface area (Å²) < 4.78 is 23.5. The summed E-state index contributed by atoms with van der Waals surface area (Å²) in [5, 5.41) is 0. The molecule has 1 amide bonds. The third-order valence-corrected chi connectivity index (χ3v) is 5.16. The lowest BCUT2D eigenvalue weighted by Gasteiger charge is -2.29. The van der Waals surface area contributed by atoms with Crippen LogP contribution in [0.2, 0.25) is 0 Å². The maximum atomic E-state index is 12.3. The lowest BCUT2D eigenvalue weighted by Crippen LogP contribution is -2.39. The highest BCUT2D eigenvalue weighted by atomic mass is 35.5. The van der Waals surface area contributed by atoms with Crippen molar-refractivity contribution in [2.24, 2.45) is 11.1 Å². The van der Waals surface area contributed by atoms with Crippen molar-refractivity contribution in [3.63, 3.8) is 0 Å².